The molecule has 1 aliphatic heterocycles. The number of piperazine rings is 1. The number of guanidine groups is 1. The van der Waals surface area contributed by atoms with Gasteiger partial charge in [0.2, 0.25) is 5.91 Å². The summed E-state index contributed by atoms with van der Waals surface area (Å²) in [6.07, 6.45) is 0. The third-order valence-corrected chi connectivity index (χ3v) is 3.78. The van der Waals surface area contributed by atoms with Crippen molar-refractivity contribution in [3.63, 3.8) is 0 Å². The highest BCUT2D eigenvalue weighted by molar-refractivity contribution is 5.80. The summed E-state index contributed by atoms with van der Waals surface area (Å²) in [5.41, 5.74) is 0.693. The van der Waals surface area contributed by atoms with Gasteiger partial charge in [-0.25, -0.2) is 9.38 Å². The normalized spacial score (nSPS) is 15.7. The highest BCUT2D eigenvalue weighted by Gasteiger charge is 2.20. The van der Waals surface area contributed by atoms with E-state index >= 15 is 0 Å². The number of nitrogens with zero attached hydrogens (tertiary/aromatic N) is 3. The third-order valence-electron chi connectivity index (χ3n) is 3.78. The maximum absolute atomic E-state index is 13.4. The van der Waals surface area contributed by atoms with Crippen molar-refractivity contribution in [2.45, 2.75) is 20.4 Å². The van der Waals surface area contributed by atoms with Gasteiger partial charge in [-0.1, -0.05) is 6.07 Å². The first kappa shape index (κ1) is 17.1. The van der Waals surface area contributed by atoms with Gasteiger partial charge in [-0.05, 0) is 24.6 Å². The number of rotatable bonds is 3. The quantitative estimate of drug-likeness (QED) is 0.647. The Morgan fingerprint density at radius 2 is 1.96 bits per heavy atom. The molecule has 0 aromatic heterocycles. The topological polar surface area (TPSA) is 68.2 Å². The molecule has 0 spiro atoms. The number of hydrogen-bond acceptors (Lipinski definition) is 3. The Balaban J connectivity index is 2.02. The molecule has 0 atom stereocenters. The molecule has 0 bridgehead atoms. The van der Waals surface area contributed by atoms with E-state index in [0.29, 0.717) is 25.2 Å². The summed E-state index contributed by atoms with van der Waals surface area (Å²) >= 11 is 0. The molecule has 1 saturated heterocycles. The number of aliphatic imine (C=N–C) groups is 1. The Labute approximate surface area is 135 Å². The van der Waals surface area contributed by atoms with E-state index in [2.05, 4.69) is 15.2 Å². The molecule has 1 aromatic carbocycles. The summed E-state index contributed by atoms with van der Waals surface area (Å²) in [4.78, 5) is 19.8. The number of carbonyl (C=O) groups is 1. The molecule has 0 saturated carbocycles. The molecule has 23 heavy (non-hydrogen) atoms. The molecule has 2 N–H and O–H groups in total. The molecule has 1 aromatic rings. The Hall–Kier alpha value is -2.31. The van der Waals surface area contributed by atoms with Crippen LogP contribution in [0.5, 0.6) is 5.75 Å². The molecule has 7 heteroatoms. The lowest BCUT2D eigenvalue weighted by Gasteiger charge is -2.36. The fourth-order valence-electron chi connectivity index (χ4n) is 2.47. The highest BCUT2D eigenvalue weighted by atomic mass is 19.1. The largest absolute Gasteiger partial charge is 0.505 e. The zero-order chi connectivity index (χ0) is 16.8. The number of amides is 1. The highest BCUT2D eigenvalue weighted by Crippen LogP contribution is 2.16. The Bertz CT molecular complexity index is 583. The van der Waals surface area contributed by atoms with E-state index in [1.807, 2.05) is 11.8 Å². The van der Waals surface area contributed by atoms with E-state index in [0.717, 1.165) is 25.6 Å². The lowest BCUT2D eigenvalue weighted by Crippen LogP contribution is -2.53. The first-order valence-corrected chi connectivity index (χ1v) is 7.77. The number of halogens is 1. The summed E-state index contributed by atoms with van der Waals surface area (Å²) in [7, 11) is 0. The second-order valence-electron chi connectivity index (χ2n) is 5.45. The number of hydrogen-bond donors (Lipinski definition) is 2. The molecule has 0 aliphatic carbocycles. The van der Waals surface area contributed by atoms with Crippen LogP contribution in [0.1, 0.15) is 19.4 Å². The summed E-state index contributed by atoms with van der Waals surface area (Å²) in [6.45, 7) is 7.41. The number of phenols is 1. The number of nitrogens with one attached hydrogen (secondary N) is 1. The standard InChI is InChI=1S/C16H23FN4O2/c1-3-18-16(21-8-6-20(7-9-21)12(2)22)19-11-13-4-5-15(23)14(17)10-13/h4-5,10,23H,3,6-9,11H2,1-2H3,(H,18,19). The predicted octanol–water partition coefficient (Wildman–Crippen LogP) is 1.16. The molecule has 6 nitrogen and oxygen atoms in total. The van der Waals surface area contributed by atoms with Crippen LogP contribution < -0.4 is 5.32 Å². The van der Waals surface area contributed by atoms with Gasteiger partial charge in [-0.15, -0.1) is 0 Å². The average molecular weight is 322 g/mol. The van der Waals surface area contributed by atoms with Crippen LogP contribution in [0.4, 0.5) is 4.39 Å². The minimum atomic E-state index is -0.641. The molecule has 1 heterocycles. The van der Waals surface area contributed by atoms with E-state index in [-0.39, 0.29) is 11.7 Å². The van der Waals surface area contributed by atoms with Gasteiger partial charge in [-0.3, -0.25) is 4.79 Å². The maximum Gasteiger partial charge on any atom is 0.219 e. The molecule has 1 amide bonds. The van der Waals surface area contributed by atoms with Crippen molar-refractivity contribution in [2.75, 3.05) is 32.7 Å². The summed E-state index contributed by atoms with van der Waals surface area (Å²) in [5, 5.41) is 12.4. The molecule has 1 aliphatic rings. The Kier molecular flexibility index (Phi) is 5.78. The zero-order valence-corrected chi connectivity index (χ0v) is 13.5. The van der Waals surface area contributed by atoms with Crippen LogP contribution in [0.25, 0.3) is 0 Å². The van der Waals surface area contributed by atoms with Gasteiger partial charge in [0.05, 0.1) is 6.54 Å². The fraction of sp³-hybridized carbons (Fsp3) is 0.500. The second kappa shape index (κ2) is 7.80. The average Bonchev–Trinajstić information content (AvgIpc) is 2.54. The van der Waals surface area contributed by atoms with Gasteiger partial charge in [0.25, 0.3) is 0 Å². The van der Waals surface area contributed by atoms with E-state index in [1.54, 1.807) is 13.0 Å². The van der Waals surface area contributed by atoms with Crippen LogP contribution in [0.15, 0.2) is 23.2 Å². The molecule has 0 radical (unpaired) electrons. The van der Waals surface area contributed by atoms with Crippen LogP contribution in [-0.4, -0.2) is 59.5 Å². The van der Waals surface area contributed by atoms with Crippen molar-refractivity contribution < 1.29 is 14.3 Å². The van der Waals surface area contributed by atoms with Crippen LogP contribution in [0.3, 0.4) is 0 Å². The second-order valence-corrected chi connectivity index (χ2v) is 5.45. The fourth-order valence-corrected chi connectivity index (χ4v) is 2.47. The van der Waals surface area contributed by atoms with Crippen LogP contribution in [-0.2, 0) is 11.3 Å². The zero-order valence-electron chi connectivity index (χ0n) is 13.5. The van der Waals surface area contributed by atoms with Crippen molar-refractivity contribution in [3.05, 3.63) is 29.6 Å². The molecule has 2 rings (SSSR count). The van der Waals surface area contributed by atoms with Crippen molar-refractivity contribution in [2.24, 2.45) is 4.99 Å². The van der Waals surface area contributed by atoms with Gasteiger partial charge in [0.15, 0.2) is 17.5 Å². The van der Waals surface area contributed by atoms with E-state index in [1.165, 1.54) is 12.1 Å². The molecule has 0 unspecified atom stereocenters. The van der Waals surface area contributed by atoms with Gasteiger partial charge in [-0.2, -0.15) is 0 Å². The molecular formula is C16H23FN4O2. The molecule has 126 valence electrons. The monoisotopic (exact) mass is 322 g/mol. The van der Waals surface area contributed by atoms with E-state index < -0.39 is 5.82 Å². The summed E-state index contributed by atoms with van der Waals surface area (Å²) in [5.74, 6) is -0.155. The van der Waals surface area contributed by atoms with Crippen LogP contribution >= 0.6 is 0 Å². The van der Waals surface area contributed by atoms with E-state index in [9.17, 15) is 14.3 Å². The van der Waals surface area contributed by atoms with Crippen LogP contribution in [0.2, 0.25) is 0 Å². The van der Waals surface area contributed by atoms with Crippen molar-refractivity contribution in [1.29, 1.82) is 0 Å². The lowest BCUT2D eigenvalue weighted by molar-refractivity contribution is -0.130. The third kappa shape index (κ3) is 4.58. The lowest BCUT2D eigenvalue weighted by atomic mass is 10.2. The number of carbonyl (C=O) groups excluding carboxylic acids is 1. The molecular weight excluding hydrogens is 299 g/mol. The van der Waals surface area contributed by atoms with Crippen molar-refractivity contribution >= 4 is 11.9 Å². The predicted molar refractivity (Wildman–Crippen MR) is 86.7 cm³/mol. The van der Waals surface area contributed by atoms with Crippen molar-refractivity contribution in [1.82, 2.24) is 15.1 Å². The maximum atomic E-state index is 13.4. The summed E-state index contributed by atoms with van der Waals surface area (Å²) in [6, 6.07) is 4.27. The van der Waals surface area contributed by atoms with E-state index in [4.69, 9.17) is 0 Å². The number of phenolic OH excluding ortho intramolecular Hbond substituents is 1. The first-order valence-electron chi connectivity index (χ1n) is 7.77. The first-order chi connectivity index (χ1) is 11.0. The minimum absolute atomic E-state index is 0.0890. The van der Waals surface area contributed by atoms with Gasteiger partial charge in [0, 0.05) is 39.6 Å². The smallest absolute Gasteiger partial charge is 0.219 e. The Morgan fingerprint density at radius 3 is 2.52 bits per heavy atom. The van der Waals surface area contributed by atoms with Crippen LogP contribution in [0, 0.1) is 5.82 Å². The number of aromatic hydroxyl groups is 1. The minimum Gasteiger partial charge on any atom is -0.505 e. The molecule has 1 fully saturated rings. The summed E-state index contributed by atoms with van der Waals surface area (Å²) < 4.78 is 13.4. The van der Waals surface area contributed by atoms with Crippen molar-refractivity contribution in [3.8, 4) is 5.75 Å². The van der Waals surface area contributed by atoms with Gasteiger partial charge in [0.1, 0.15) is 0 Å². The van der Waals surface area contributed by atoms with Gasteiger partial charge >= 0.3 is 0 Å². The van der Waals surface area contributed by atoms with Gasteiger partial charge < -0.3 is 20.2 Å². The SMILES string of the molecule is CCNC(=NCc1ccc(O)c(F)c1)N1CCN(C(C)=O)CC1. The number of benzene rings is 1. The Morgan fingerprint density at radius 1 is 1.30 bits per heavy atom.